The van der Waals surface area contributed by atoms with Crippen molar-refractivity contribution in [1.82, 2.24) is 4.90 Å². The number of nitrogens with zero attached hydrogens (tertiary/aromatic N) is 1. The fourth-order valence-electron chi connectivity index (χ4n) is 2.67. The molecule has 1 aromatic rings. The number of hydrogen-bond donors (Lipinski definition) is 0. The van der Waals surface area contributed by atoms with E-state index in [2.05, 4.69) is 4.90 Å². The third-order valence-electron chi connectivity index (χ3n) is 3.84. The van der Waals surface area contributed by atoms with E-state index in [4.69, 9.17) is 27.9 Å². The summed E-state index contributed by atoms with van der Waals surface area (Å²) in [6.45, 7) is 4.50. The van der Waals surface area contributed by atoms with Gasteiger partial charge in [0.2, 0.25) is 0 Å². The Morgan fingerprint density at radius 3 is 2.90 bits per heavy atom. The van der Waals surface area contributed by atoms with E-state index < -0.39 is 0 Å². The van der Waals surface area contributed by atoms with E-state index in [1.807, 2.05) is 6.92 Å². The van der Waals surface area contributed by atoms with Crippen molar-refractivity contribution in [3.8, 4) is 0 Å². The number of methoxy groups -OCH3 is 1. The van der Waals surface area contributed by atoms with E-state index in [1.54, 1.807) is 25.3 Å². The Bertz CT molecular complexity index is 493. The van der Waals surface area contributed by atoms with Gasteiger partial charge < -0.3 is 4.74 Å². The largest absolute Gasteiger partial charge is 0.384 e. The molecule has 1 aliphatic rings. The van der Waals surface area contributed by atoms with Gasteiger partial charge in [-0.15, -0.1) is 0 Å². The van der Waals surface area contributed by atoms with Crippen LogP contribution in [0.5, 0.6) is 0 Å². The van der Waals surface area contributed by atoms with Gasteiger partial charge in [0.25, 0.3) is 0 Å². The Morgan fingerprint density at radius 1 is 1.50 bits per heavy atom. The highest BCUT2D eigenvalue weighted by Gasteiger charge is 2.30. The van der Waals surface area contributed by atoms with Crippen LogP contribution in [0.15, 0.2) is 18.2 Å². The summed E-state index contributed by atoms with van der Waals surface area (Å²) in [6, 6.07) is 4.84. The molecule has 2 unspecified atom stereocenters. The van der Waals surface area contributed by atoms with Crippen LogP contribution < -0.4 is 0 Å². The van der Waals surface area contributed by atoms with Crippen LogP contribution in [0.1, 0.15) is 23.7 Å². The van der Waals surface area contributed by atoms with Crippen LogP contribution in [0.4, 0.5) is 0 Å². The molecule has 1 aromatic carbocycles. The van der Waals surface area contributed by atoms with Gasteiger partial charge in [-0.1, -0.05) is 23.2 Å². The highest BCUT2D eigenvalue weighted by atomic mass is 35.5. The van der Waals surface area contributed by atoms with Gasteiger partial charge in [-0.25, -0.2) is 0 Å². The maximum absolute atomic E-state index is 12.5. The van der Waals surface area contributed by atoms with Gasteiger partial charge in [0, 0.05) is 24.2 Å². The highest BCUT2D eigenvalue weighted by molar-refractivity contribution is 6.37. The average Bonchev–Trinajstić information content (AvgIpc) is 2.86. The predicted molar refractivity (Wildman–Crippen MR) is 81.8 cm³/mol. The molecule has 1 saturated heterocycles. The Hall–Kier alpha value is -0.610. The molecular formula is C15H19Cl2NO2. The minimum Gasteiger partial charge on any atom is -0.384 e. The number of carbonyl (C=O) groups excluding carboxylic acids is 1. The van der Waals surface area contributed by atoms with Gasteiger partial charge in [0.15, 0.2) is 5.78 Å². The predicted octanol–water partition coefficient (Wildman–Crippen LogP) is 3.53. The molecule has 0 amide bonds. The molecule has 0 aromatic heterocycles. The van der Waals surface area contributed by atoms with E-state index in [0.717, 1.165) is 26.1 Å². The van der Waals surface area contributed by atoms with Gasteiger partial charge in [-0.2, -0.15) is 0 Å². The number of ketones is 1. The van der Waals surface area contributed by atoms with Gasteiger partial charge >= 0.3 is 0 Å². The van der Waals surface area contributed by atoms with E-state index in [1.165, 1.54) is 0 Å². The molecule has 20 heavy (non-hydrogen) atoms. The fraction of sp³-hybridized carbons (Fsp3) is 0.533. The molecule has 0 bridgehead atoms. The van der Waals surface area contributed by atoms with Crippen molar-refractivity contribution >= 4 is 29.0 Å². The summed E-state index contributed by atoms with van der Waals surface area (Å²) in [5, 5.41) is 0.961. The zero-order valence-corrected chi connectivity index (χ0v) is 13.2. The lowest BCUT2D eigenvalue weighted by atomic mass is 10.0. The molecule has 0 spiro atoms. The zero-order valence-electron chi connectivity index (χ0n) is 11.7. The third kappa shape index (κ3) is 3.53. The molecular weight excluding hydrogens is 297 g/mol. The summed E-state index contributed by atoms with van der Waals surface area (Å²) in [5.41, 5.74) is 0.541. The van der Waals surface area contributed by atoms with Crippen molar-refractivity contribution in [2.75, 3.05) is 26.8 Å². The van der Waals surface area contributed by atoms with Crippen LogP contribution in [0.2, 0.25) is 10.0 Å². The molecule has 1 fully saturated rings. The van der Waals surface area contributed by atoms with Crippen LogP contribution in [-0.2, 0) is 4.74 Å². The zero-order chi connectivity index (χ0) is 14.7. The van der Waals surface area contributed by atoms with E-state index in [-0.39, 0.29) is 11.8 Å². The number of likely N-dealkylation sites (tertiary alicyclic amines) is 1. The molecule has 0 N–H and O–H groups in total. The van der Waals surface area contributed by atoms with Crippen molar-refractivity contribution in [3.05, 3.63) is 33.8 Å². The van der Waals surface area contributed by atoms with Crippen molar-refractivity contribution < 1.29 is 9.53 Å². The SMILES string of the molecule is COCC1CCN(C(C)C(=O)c2ccc(Cl)cc2Cl)C1. The summed E-state index contributed by atoms with van der Waals surface area (Å²) >= 11 is 12.0. The number of hydrogen-bond acceptors (Lipinski definition) is 3. The molecule has 0 saturated carbocycles. The van der Waals surface area contributed by atoms with Crippen LogP contribution in [-0.4, -0.2) is 43.5 Å². The van der Waals surface area contributed by atoms with Crippen LogP contribution >= 0.6 is 23.2 Å². The van der Waals surface area contributed by atoms with Gasteiger partial charge in [-0.3, -0.25) is 9.69 Å². The monoisotopic (exact) mass is 315 g/mol. The molecule has 1 aliphatic heterocycles. The maximum Gasteiger partial charge on any atom is 0.181 e. The molecule has 0 aliphatic carbocycles. The Kier molecular flexibility index (Phi) is 5.44. The first kappa shape index (κ1) is 15.8. The highest BCUT2D eigenvalue weighted by Crippen LogP contribution is 2.25. The van der Waals surface area contributed by atoms with Gasteiger partial charge in [-0.05, 0) is 44.0 Å². The van der Waals surface area contributed by atoms with E-state index >= 15 is 0 Å². The lowest BCUT2D eigenvalue weighted by molar-refractivity contribution is 0.0852. The number of benzene rings is 1. The van der Waals surface area contributed by atoms with E-state index in [0.29, 0.717) is 21.5 Å². The summed E-state index contributed by atoms with van der Waals surface area (Å²) in [7, 11) is 1.71. The molecule has 2 atom stereocenters. The Labute approximate surface area is 129 Å². The van der Waals surface area contributed by atoms with E-state index in [9.17, 15) is 4.79 Å². The van der Waals surface area contributed by atoms with Crippen molar-refractivity contribution in [2.24, 2.45) is 5.92 Å². The first-order valence-corrected chi connectivity index (χ1v) is 7.50. The number of carbonyl (C=O) groups is 1. The molecule has 110 valence electrons. The lowest BCUT2D eigenvalue weighted by Crippen LogP contribution is -2.37. The minimum atomic E-state index is -0.171. The van der Waals surface area contributed by atoms with Crippen molar-refractivity contribution in [2.45, 2.75) is 19.4 Å². The third-order valence-corrected chi connectivity index (χ3v) is 4.39. The average molecular weight is 316 g/mol. The summed E-state index contributed by atoms with van der Waals surface area (Å²) in [4.78, 5) is 14.7. The quantitative estimate of drug-likeness (QED) is 0.778. The fourth-order valence-corrected chi connectivity index (χ4v) is 3.17. The summed E-state index contributed by atoms with van der Waals surface area (Å²) in [5.74, 6) is 0.556. The topological polar surface area (TPSA) is 29.5 Å². The molecule has 1 heterocycles. The van der Waals surface area contributed by atoms with Crippen LogP contribution in [0.3, 0.4) is 0 Å². The van der Waals surface area contributed by atoms with Crippen LogP contribution in [0, 0.1) is 5.92 Å². The summed E-state index contributed by atoms with van der Waals surface area (Å²) in [6.07, 6.45) is 1.07. The van der Waals surface area contributed by atoms with Crippen molar-refractivity contribution in [3.63, 3.8) is 0 Å². The first-order valence-electron chi connectivity index (χ1n) is 6.75. The van der Waals surface area contributed by atoms with Gasteiger partial charge in [0.1, 0.15) is 0 Å². The lowest BCUT2D eigenvalue weighted by Gasteiger charge is -2.23. The number of halogens is 2. The number of rotatable bonds is 5. The second-order valence-corrected chi connectivity index (χ2v) is 6.11. The molecule has 2 rings (SSSR count). The van der Waals surface area contributed by atoms with Crippen molar-refractivity contribution in [1.29, 1.82) is 0 Å². The normalized spacial score (nSPS) is 21.1. The second kappa shape index (κ2) is 6.90. The summed E-state index contributed by atoms with van der Waals surface area (Å²) < 4.78 is 5.18. The van der Waals surface area contributed by atoms with Gasteiger partial charge in [0.05, 0.1) is 17.7 Å². The molecule has 3 nitrogen and oxygen atoms in total. The second-order valence-electron chi connectivity index (χ2n) is 5.27. The maximum atomic E-state index is 12.5. The first-order chi connectivity index (χ1) is 9.52. The Morgan fingerprint density at radius 2 is 2.25 bits per heavy atom. The molecule has 5 heteroatoms. The molecule has 0 radical (unpaired) electrons. The minimum absolute atomic E-state index is 0.0460. The number of ether oxygens (including phenoxy) is 1. The standard InChI is InChI=1S/C15H19Cl2NO2/c1-10(18-6-5-11(8-18)9-20-2)15(19)13-4-3-12(16)7-14(13)17/h3-4,7,10-11H,5-6,8-9H2,1-2H3. The number of Topliss-reactive ketones (excluding diaryl/α,β-unsaturated/α-hetero) is 1. The Balaban J connectivity index is 2.05. The smallest absolute Gasteiger partial charge is 0.181 e. The van der Waals surface area contributed by atoms with Crippen LogP contribution in [0.25, 0.3) is 0 Å².